The van der Waals surface area contributed by atoms with E-state index in [2.05, 4.69) is 25.2 Å². The Morgan fingerprint density at radius 1 is 1.00 bits per heavy atom. The smallest absolute Gasteiger partial charge is 0.106 e. The van der Waals surface area contributed by atoms with Crippen LogP contribution in [-0.4, -0.2) is 32.6 Å². The molecule has 0 aromatic rings. The highest BCUT2D eigenvalue weighted by Gasteiger charge is 2.60. The maximum atomic E-state index is 6.18. The molecule has 0 saturated heterocycles. The van der Waals surface area contributed by atoms with Gasteiger partial charge in [0.15, 0.2) is 0 Å². The monoisotopic (exact) mass is 390 g/mol. The van der Waals surface area contributed by atoms with Crippen LogP contribution in [0.5, 0.6) is 0 Å². The molecule has 28 heavy (non-hydrogen) atoms. The average Bonchev–Trinajstić information content (AvgIpc) is 3.03. The molecule has 0 heterocycles. The molecule has 0 amide bonds. The lowest BCUT2D eigenvalue weighted by Gasteiger charge is -2.61. The summed E-state index contributed by atoms with van der Waals surface area (Å²) in [6, 6.07) is 0. The molecule has 0 aliphatic heterocycles. The Labute approximate surface area is 172 Å². The molecule has 4 aliphatic rings. The van der Waals surface area contributed by atoms with Crippen molar-refractivity contribution in [1.29, 1.82) is 0 Å². The number of rotatable bonds is 6. The number of oxime groups is 1. The van der Waals surface area contributed by atoms with E-state index in [1.165, 1.54) is 57.8 Å². The summed E-state index contributed by atoms with van der Waals surface area (Å²) >= 11 is 0. The molecule has 4 nitrogen and oxygen atoms in total. The predicted octanol–water partition coefficient (Wildman–Crippen LogP) is 5.01. The molecule has 0 radical (unpaired) electrons. The molecule has 0 spiro atoms. The second kappa shape index (κ2) is 8.26. The van der Waals surface area contributed by atoms with Crippen molar-refractivity contribution in [3.63, 3.8) is 0 Å². The minimum atomic E-state index is 0.439. The molecule has 0 aromatic heterocycles. The van der Waals surface area contributed by atoms with Crippen LogP contribution in [0.4, 0.5) is 0 Å². The summed E-state index contributed by atoms with van der Waals surface area (Å²) < 4.78 is 6.18. The van der Waals surface area contributed by atoms with Crippen molar-refractivity contribution in [2.75, 3.05) is 20.3 Å². The largest absolute Gasteiger partial charge is 0.399 e. The molecule has 4 rings (SSSR count). The summed E-state index contributed by atoms with van der Waals surface area (Å²) in [6.45, 7) is 6.80. The molecule has 0 aromatic carbocycles. The number of fused-ring (bicyclic) bond motifs is 5. The summed E-state index contributed by atoms with van der Waals surface area (Å²) in [5.74, 6) is 4.21. The number of nitrogens with two attached hydrogens (primary N) is 1. The maximum absolute atomic E-state index is 6.18. The maximum Gasteiger partial charge on any atom is 0.106 e. The normalized spacial score (nSPS) is 48.1. The summed E-state index contributed by atoms with van der Waals surface area (Å²) in [6.07, 6.45) is 15.8. The molecule has 0 unspecified atom stereocenters. The van der Waals surface area contributed by atoms with Crippen LogP contribution in [-0.2, 0) is 9.57 Å². The first-order valence-corrected chi connectivity index (χ1v) is 11.9. The first-order valence-electron chi connectivity index (χ1n) is 11.9. The van der Waals surface area contributed by atoms with Gasteiger partial charge in [0.05, 0.1) is 6.10 Å². The highest BCUT2D eigenvalue weighted by atomic mass is 16.6. The van der Waals surface area contributed by atoms with Gasteiger partial charge in [0, 0.05) is 18.7 Å². The van der Waals surface area contributed by atoms with Gasteiger partial charge in [0.1, 0.15) is 7.11 Å². The van der Waals surface area contributed by atoms with Crippen molar-refractivity contribution in [1.82, 2.24) is 0 Å². The van der Waals surface area contributed by atoms with Crippen molar-refractivity contribution < 1.29 is 9.57 Å². The molecule has 0 bridgehead atoms. The van der Waals surface area contributed by atoms with Crippen LogP contribution in [0.3, 0.4) is 0 Å². The molecule has 4 saturated carbocycles. The molecule has 2 N–H and O–H groups in total. The minimum Gasteiger partial charge on any atom is -0.399 e. The average molecular weight is 391 g/mol. The first kappa shape index (κ1) is 20.7. The zero-order valence-electron chi connectivity index (χ0n) is 18.4. The van der Waals surface area contributed by atoms with Crippen LogP contribution < -0.4 is 5.73 Å². The van der Waals surface area contributed by atoms with Gasteiger partial charge in [-0.3, -0.25) is 0 Å². The topological polar surface area (TPSA) is 56.8 Å². The Hall–Kier alpha value is -0.610. The quantitative estimate of drug-likeness (QED) is 0.394. The van der Waals surface area contributed by atoms with Crippen molar-refractivity contribution >= 4 is 6.21 Å². The zero-order chi connectivity index (χ0) is 19.8. The van der Waals surface area contributed by atoms with E-state index < -0.39 is 0 Å². The summed E-state index contributed by atoms with van der Waals surface area (Å²) in [5.41, 5.74) is 6.62. The van der Waals surface area contributed by atoms with Gasteiger partial charge in [-0.15, -0.1) is 0 Å². The lowest BCUT2D eigenvalue weighted by molar-refractivity contribution is -0.131. The van der Waals surface area contributed by atoms with Gasteiger partial charge in [-0.05, 0) is 105 Å². The molecule has 4 aliphatic carbocycles. The van der Waals surface area contributed by atoms with E-state index in [4.69, 9.17) is 15.3 Å². The number of hydrogen-bond acceptors (Lipinski definition) is 4. The number of nitrogens with zero attached hydrogens (tertiary/aromatic N) is 1. The van der Waals surface area contributed by atoms with Crippen molar-refractivity contribution in [3.8, 4) is 0 Å². The first-order chi connectivity index (χ1) is 13.5. The third-order valence-corrected chi connectivity index (χ3v) is 9.74. The third kappa shape index (κ3) is 3.43. The Bertz CT molecular complexity index is 567. The van der Waals surface area contributed by atoms with Gasteiger partial charge in [0.2, 0.25) is 0 Å². The highest BCUT2D eigenvalue weighted by Crippen LogP contribution is 2.67. The molecular formula is C24H42N2O2. The summed E-state index contributed by atoms with van der Waals surface area (Å²) in [4.78, 5) is 5.02. The van der Waals surface area contributed by atoms with Gasteiger partial charge < -0.3 is 15.3 Å². The molecule has 4 heteroatoms. The molecular weight excluding hydrogens is 348 g/mol. The van der Waals surface area contributed by atoms with Crippen molar-refractivity contribution in [3.05, 3.63) is 0 Å². The van der Waals surface area contributed by atoms with Crippen LogP contribution in [0.2, 0.25) is 0 Å². The van der Waals surface area contributed by atoms with E-state index in [9.17, 15) is 0 Å². The molecule has 4 fully saturated rings. The van der Waals surface area contributed by atoms with Crippen LogP contribution in [0.15, 0.2) is 5.16 Å². The third-order valence-electron chi connectivity index (χ3n) is 9.74. The van der Waals surface area contributed by atoms with Crippen LogP contribution in [0.25, 0.3) is 0 Å². The number of hydrogen-bond donors (Lipinski definition) is 1. The Morgan fingerprint density at radius 3 is 2.57 bits per heavy atom. The van der Waals surface area contributed by atoms with E-state index in [-0.39, 0.29) is 0 Å². The van der Waals surface area contributed by atoms with Crippen LogP contribution >= 0.6 is 0 Å². The van der Waals surface area contributed by atoms with Gasteiger partial charge >= 0.3 is 0 Å². The Morgan fingerprint density at radius 2 is 1.79 bits per heavy atom. The highest BCUT2D eigenvalue weighted by molar-refractivity contribution is 5.62. The minimum absolute atomic E-state index is 0.439. The fourth-order valence-corrected chi connectivity index (χ4v) is 8.12. The predicted molar refractivity (Wildman–Crippen MR) is 114 cm³/mol. The van der Waals surface area contributed by atoms with Gasteiger partial charge in [-0.1, -0.05) is 19.0 Å². The van der Waals surface area contributed by atoms with Gasteiger partial charge in [-0.25, -0.2) is 0 Å². The van der Waals surface area contributed by atoms with Crippen molar-refractivity contribution in [2.24, 2.45) is 51.3 Å². The van der Waals surface area contributed by atoms with Gasteiger partial charge in [-0.2, -0.15) is 0 Å². The SMILES string of the molecule is CO/N=C/[C@@H]1CC[C@@H]2[C@@H]3CC[C@@H]4C[C@@H](OCCCN)CC[C@]4(C)[C@H]3CC[C@]12C. The fraction of sp³-hybridized carbons (Fsp3) is 0.958. The zero-order valence-corrected chi connectivity index (χ0v) is 18.4. The second-order valence-electron chi connectivity index (χ2n) is 10.7. The van der Waals surface area contributed by atoms with Crippen LogP contribution in [0.1, 0.15) is 78.1 Å². The van der Waals surface area contributed by atoms with E-state index >= 15 is 0 Å². The van der Waals surface area contributed by atoms with E-state index in [1.54, 1.807) is 7.11 Å². The lowest BCUT2D eigenvalue weighted by atomic mass is 9.44. The fourth-order valence-electron chi connectivity index (χ4n) is 8.12. The summed E-state index contributed by atoms with van der Waals surface area (Å²) in [7, 11) is 1.67. The van der Waals surface area contributed by atoms with Crippen molar-refractivity contribution in [2.45, 2.75) is 84.2 Å². The lowest BCUT2D eigenvalue weighted by Crippen LogP contribution is -2.54. The molecule has 160 valence electrons. The van der Waals surface area contributed by atoms with Crippen LogP contribution in [0, 0.1) is 40.4 Å². The number of ether oxygens (including phenoxy) is 1. The van der Waals surface area contributed by atoms with E-state index in [0.717, 1.165) is 43.2 Å². The van der Waals surface area contributed by atoms with E-state index in [1.807, 2.05) is 0 Å². The Kier molecular flexibility index (Phi) is 6.09. The Balaban J connectivity index is 1.45. The second-order valence-corrected chi connectivity index (χ2v) is 10.7. The standard InChI is InChI=1S/C24H42N2O2/c1-23-11-9-19(28-14-4-13-25)15-17(23)5-7-20-21-8-6-18(16-26-27-3)24(21,2)12-10-22(20)23/h16-22H,4-15,25H2,1-3H3/b26-16+/t17-,18+,19+,20+,21-,22+,23+,24-/m1/s1. The van der Waals surface area contributed by atoms with E-state index in [0.29, 0.717) is 22.9 Å². The van der Waals surface area contributed by atoms with Gasteiger partial charge in [0.25, 0.3) is 0 Å². The molecule has 8 atom stereocenters. The summed E-state index contributed by atoms with van der Waals surface area (Å²) in [5, 5.41) is 4.17.